The maximum atomic E-state index is 13.7. The van der Waals surface area contributed by atoms with E-state index in [4.69, 9.17) is 5.11 Å². The lowest BCUT2D eigenvalue weighted by Crippen LogP contribution is -2.42. The van der Waals surface area contributed by atoms with Crippen molar-refractivity contribution in [2.75, 3.05) is 0 Å². The van der Waals surface area contributed by atoms with E-state index in [-0.39, 0.29) is 11.5 Å². The number of benzene rings is 1. The third-order valence-electron chi connectivity index (χ3n) is 3.82. The normalized spacial score (nSPS) is 21.5. The lowest BCUT2D eigenvalue weighted by atomic mass is 10.0. The molecule has 0 spiro atoms. The molecular weight excluding hydrogens is 292 g/mol. The summed E-state index contributed by atoms with van der Waals surface area (Å²) in [6.07, 6.45) is 0.643. The monoisotopic (exact) mass is 311 g/mol. The number of carbonyl (C=O) groups is 2. The smallest absolute Gasteiger partial charge is 0.326 e. The molecule has 2 rings (SSSR count). The molecule has 1 aromatic carbocycles. The molecule has 120 valence electrons. The first kappa shape index (κ1) is 16.4. The van der Waals surface area contributed by atoms with Crippen LogP contribution in [0, 0.1) is 23.5 Å². The Morgan fingerprint density at radius 2 is 1.91 bits per heavy atom. The topological polar surface area (TPSA) is 66.4 Å². The molecule has 0 aliphatic heterocycles. The molecule has 1 fully saturated rings. The van der Waals surface area contributed by atoms with Crippen LogP contribution in [0.15, 0.2) is 18.2 Å². The van der Waals surface area contributed by atoms with E-state index in [9.17, 15) is 18.4 Å². The van der Waals surface area contributed by atoms with Crippen LogP contribution in [-0.4, -0.2) is 23.0 Å². The van der Waals surface area contributed by atoms with Crippen LogP contribution in [0.25, 0.3) is 0 Å². The first-order valence-corrected chi connectivity index (χ1v) is 7.28. The maximum Gasteiger partial charge on any atom is 0.326 e. The van der Waals surface area contributed by atoms with Crippen molar-refractivity contribution < 1.29 is 23.5 Å². The zero-order chi connectivity index (χ0) is 16.4. The van der Waals surface area contributed by atoms with Gasteiger partial charge in [-0.25, -0.2) is 13.6 Å². The Morgan fingerprint density at radius 1 is 1.32 bits per heavy atom. The highest BCUT2D eigenvalue weighted by atomic mass is 19.1. The van der Waals surface area contributed by atoms with E-state index in [2.05, 4.69) is 5.32 Å². The van der Waals surface area contributed by atoms with Crippen LogP contribution in [0.4, 0.5) is 8.78 Å². The van der Waals surface area contributed by atoms with Crippen molar-refractivity contribution in [3.05, 3.63) is 35.4 Å². The zero-order valence-electron chi connectivity index (χ0n) is 12.5. The lowest BCUT2D eigenvalue weighted by molar-refractivity contribution is -0.142. The molecule has 0 aromatic heterocycles. The molecule has 6 heteroatoms. The van der Waals surface area contributed by atoms with Crippen LogP contribution in [-0.2, 0) is 9.59 Å². The second-order valence-corrected chi connectivity index (χ2v) is 6.11. The first-order valence-electron chi connectivity index (χ1n) is 7.28. The molecule has 1 aliphatic rings. The molecule has 0 radical (unpaired) electrons. The Morgan fingerprint density at radius 3 is 2.41 bits per heavy atom. The quantitative estimate of drug-likeness (QED) is 0.849. The van der Waals surface area contributed by atoms with E-state index in [1.165, 1.54) is 6.07 Å². The molecule has 3 atom stereocenters. The van der Waals surface area contributed by atoms with Crippen LogP contribution >= 0.6 is 0 Å². The van der Waals surface area contributed by atoms with E-state index >= 15 is 0 Å². The molecule has 0 heterocycles. The van der Waals surface area contributed by atoms with Crippen molar-refractivity contribution in [2.24, 2.45) is 11.8 Å². The number of nitrogens with one attached hydrogen (secondary N) is 1. The van der Waals surface area contributed by atoms with Crippen LogP contribution in [0.5, 0.6) is 0 Å². The fraction of sp³-hybridized carbons (Fsp3) is 0.500. The number of aliphatic carboxylic acids is 1. The van der Waals surface area contributed by atoms with Crippen molar-refractivity contribution in [3.63, 3.8) is 0 Å². The van der Waals surface area contributed by atoms with Gasteiger partial charge in [0.1, 0.15) is 17.7 Å². The summed E-state index contributed by atoms with van der Waals surface area (Å²) in [6, 6.07) is 2.61. The van der Waals surface area contributed by atoms with Gasteiger partial charge in [0.25, 0.3) is 0 Å². The largest absolute Gasteiger partial charge is 0.480 e. The van der Waals surface area contributed by atoms with Crippen molar-refractivity contribution in [1.82, 2.24) is 5.32 Å². The highest BCUT2D eigenvalue weighted by Gasteiger charge is 2.47. The second kappa shape index (κ2) is 6.42. The molecule has 0 saturated heterocycles. The van der Waals surface area contributed by atoms with Crippen LogP contribution < -0.4 is 5.32 Å². The molecule has 1 aliphatic carbocycles. The maximum absolute atomic E-state index is 13.7. The van der Waals surface area contributed by atoms with Gasteiger partial charge in [-0.3, -0.25) is 4.79 Å². The average molecular weight is 311 g/mol. The Labute approximate surface area is 127 Å². The highest BCUT2D eigenvalue weighted by molar-refractivity contribution is 5.87. The fourth-order valence-electron chi connectivity index (χ4n) is 2.64. The van der Waals surface area contributed by atoms with Gasteiger partial charge < -0.3 is 10.4 Å². The highest BCUT2D eigenvalue weighted by Crippen LogP contribution is 2.49. The summed E-state index contributed by atoms with van der Waals surface area (Å²) in [4.78, 5) is 23.2. The predicted octanol–water partition coefficient (Wildman–Crippen LogP) is 2.68. The Bertz CT molecular complexity index is 569. The minimum atomic E-state index is -1.10. The number of halogens is 2. The zero-order valence-corrected chi connectivity index (χ0v) is 12.5. The summed E-state index contributed by atoms with van der Waals surface area (Å²) >= 11 is 0. The van der Waals surface area contributed by atoms with E-state index in [0.29, 0.717) is 12.8 Å². The van der Waals surface area contributed by atoms with Gasteiger partial charge in [-0.1, -0.05) is 19.9 Å². The molecule has 1 aromatic rings. The standard InChI is InChI=1S/C16H19F2NO3/c1-8(2)6-13(16(21)22)19-15(20)10-7-9(10)14-11(17)4-3-5-12(14)18/h3-5,8-10,13H,6-7H2,1-2H3,(H,19,20)(H,21,22)/t9?,10?,13-/m0/s1. The Hall–Kier alpha value is -1.98. The summed E-state index contributed by atoms with van der Waals surface area (Å²) in [5, 5.41) is 11.6. The van der Waals surface area contributed by atoms with Gasteiger partial charge in [0.15, 0.2) is 0 Å². The van der Waals surface area contributed by atoms with Gasteiger partial charge >= 0.3 is 5.97 Å². The van der Waals surface area contributed by atoms with Crippen molar-refractivity contribution in [3.8, 4) is 0 Å². The number of carbonyl (C=O) groups excluding carboxylic acids is 1. The summed E-state index contributed by atoms with van der Waals surface area (Å²) in [6.45, 7) is 3.72. The van der Waals surface area contributed by atoms with Gasteiger partial charge in [-0.15, -0.1) is 0 Å². The minimum absolute atomic E-state index is 0.0848. The molecule has 1 amide bonds. The second-order valence-electron chi connectivity index (χ2n) is 6.11. The SMILES string of the molecule is CC(C)C[C@H](NC(=O)C1CC1c1c(F)cccc1F)C(=O)O. The summed E-state index contributed by atoms with van der Waals surface area (Å²) < 4.78 is 27.3. The molecule has 2 N–H and O–H groups in total. The number of amides is 1. The molecule has 1 saturated carbocycles. The number of hydrogen-bond acceptors (Lipinski definition) is 2. The van der Waals surface area contributed by atoms with Gasteiger partial charge in [0, 0.05) is 17.4 Å². The molecule has 0 bridgehead atoms. The fourth-order valence-corrected chi connectivity index (χ4v) is 2.64. The number of carboxylic acid groups (broad SMARTS) is 1. The first-order chi connectivity index (χ1) is 10.3. The number of rotatable bonds is 6. The van der Waals surface area contributed by atoms with Gasteiger partial charge in [0.2, 0.25) is 5.91 Å². The van der Waals surface area contributed by atoms with Crippen LogP contribution in [0.3, 0.4) is 0 Å². The van der Waals surface area contributed by atoms with Gasteiger partial charge in [0.05, 0.1) is 0 Å². The van der Waals surface area contributed by atoms with Crippen LogP contribution in [0.1, 0.15) is 38.2 Å². The molecule has 2 unspecified atom stereocenters. The number of hydrogen-bond donors (Lipinski definition) is 2. The molecule has 4 nitrogen and oxygen atoms in total. The van der Waals surface area contributed by atoms with Crippen molar-refractivity contribution in [1.29, 1.82) is 0 Å². The van der Waals surface area contributed by atoms with Crippen molar-refractivity contribution >= 4 is 11.9 Å². The van der Waals surface area contributed by atoms with Crippen LogP contribution in [0.2, 0.25) is 0 Å². The van der Waals surface area contributed by atoms with Gasteiger partial charge in [-0.05, 0) is 30.9 Å². The Balaban J connectivity index is 2.02. The molecular formula is C16H19F2NO3. The molecule has 22 heavy (non-hydrogen) atoms. The summed E-state index contributed by atoms with van der Waals surface area (Å²) in [7, 11) is 0. The van der Waals surface area contributed by atoms with E-state index < -0.39 is 41.4 Å². The van der Waals surface area contributed by atoms with E-state index in [1.807, 2.05) is 13.8 Å². The summed E-state index contributed by atoms with van der Waals surface area (Å²) in [5.41, 5.74) is -0.0848. The minimum Gasteiger partial charge on any atom is -0.480 e. The van der Waals surface area contributed by atoms with E-state index in [0.717, 1.165) is 12.1 Å². The average Bonchev–Trinajstić information content (AvgIpc) is 3.17. The van der Waals surface area contributed by atoms with Crippen molar-refractivity contribution in [2.45, 2.75) is 38.6 Å². The third kappa shape index (κ3) is 3.61. The lowest BCUT2D eigenvalue weighted by Gasteiger charge is -2.16. The Kier molecular flexibility index (Phi) is 4.78. The predicted molar refractivity (Wildman–Crippen MR) is 76.2 cm³/mol. The third-order valence-corrected chi connectivity index (χ3v) is 3.82. The van der Waals surface area contributed by atoms with Gasteiger partial charge in [-0.2, -0.15) is 0 Å². The van der Waals surface area contributed by atoms with E-state index in [1.54, 1.807) is 0 Å². The number of carboxylic acids is 1. The summed E-state index contributed by atoms with van der Waals surface area (Å²) in [5.74, 6) is -3.87.